The first kappa shape index (κ1) is 11.8. The maximum Gasteiger partial charge on any atom is 0.261 e. The lowest BCUT2D eigenvalue weighted by Crippen LogP contribution is -2.31. The molecule has 2 heterocycles. The second kappa shape index (κ2) is 5.08. The van der Waals surface area contributed by atoms with E-state index in [1.807, 2.05) is 6.07 Å². The minimum atomic E-state index is 0.0322. The molecular weight excluding hydrogens is 214 g/mol. The number of amides is 1. The molecule has 1 aliphatic heterocycles. The number of carbonyl (C=O) groups is 1. The summed E-state index contributed by atoms with van der Waals surface area (Å²) >= 11 is 0. The van der Waals surface area contributed by atoms with Crippen molar-refractivity contribution in [3.8, 4) is 0 Å². The Morgan fingerprint density at radius 1 is 1.35 bits per heavy atom. The SMILES string of the molecule is CCCN=C1c2ncccc2C(=O)N1CCC. The number of fused-ring (bicyclic) bond motifs is 1. The van der Waals surface area contributed by atoms with Gasteiger partial charge in [-0.25, -0.2) is 0 Å². The monoisotopic (exact) mass is 231 g/mol. The van der Waals surface area contributed by atoms with E-state index >= 15 is 0 Å². The molecule has 90 valence electrons. The smallest absolute Gasteiger partial charge is 0.261 e. The minimum absolute atomic E-state index is 0.0322. The highest BCUT2D eigenvalue weighted by atomic mass is 16.2. The predicted octanol–water partition coefficient (Wildman–Crippen LogP) is 2.10. The van der Waals surface area contributed by atoms with Crippen molar-refractivity contribution in [2.24, 2.45) is 4.99 Å². The molecule has 0 fully saturated rings. The van der Waals surface area contributed by atoms with Crippen LogP contribution in [0.5, 0.6) is 0 Å². The van der Waals surface area contributed by atoms with Crippen molar-refractivity contribution in [2.45, 2.75) is 26.7 Å². The van der Waals surface area contributed by atoms with Crippen molar-refractivity contribution < 1.29 is 4.79 Å². The molecule has 0 N–H and O–H groups in total. The summed E-state index contributed by atoms with van der Waals surface area (Å²) in [5, 5.41) is 0. The van der Waals surface area contributed by atoms with Gasteiger partial charge in [0, 0.05) is 19.3 Å². The van der Waals surface area contributed by atoms with Crippen molar-refractivity contribution in [2.75, 3.05) is 13.1 Å². The molecule has 0 radical (unpaired) electrons. The third kappa shape index (κ3) is 2.07. The molecule has 0 atom stereocenters. The van der Waals surface area contributed by atoms with E-state index in [1.165, 1.54) is 0 Å². The van der Waals surface area contributed by atoms with Crippen molar-refractivity contribution in [1.29, 1.82) is 0 Å². The summed E-state index contributed by atoms with van der Waals surface area (Å²) in [6, 6.07) is 3.62. The Kier molecular flexibility index (Phi) is 3.52. The average Bonchev–Trinajstić information content (AvgIpc) is 2.62. The lowest BCUT2D eigenvalue weighted by molar-refractivity contribution is 0.0859. The van der Waals surface area contributed by atoms with Crippen LogP contribution in [-0.2, 0) is 0 Å². The number of pyridine rings is 1. The first-order valence-corrected chi connectivity index (χ1v) is 6.11. The number of aliphatic imine (C=N–C) groups is 1. The number of aromatic nitrogens is 1. The summed E-state index contributed by atoms with van der Waals surface area (Å²) < 4.78 is 0. The Morgan fingerprint density at radius 3 is 2.88 bits per heavy atom. The van der Waals surface area contributed by atoms with Gasteiger partial charge in [0.05, 0.1) is 5.56 Å². The Morgan fingerprint density at radius 2 is 2.18 bits per heavy atom. The van der Waals surface area contributed by atoms with Gasteiger partial charge < -0.3 is 0 Å². The number of carbonyl (C=O) groups excluding carboxylic acids is 1. The number of hydrogen-bond acceptors (Lipinski definition) is 3. The molecule has 0 spiro atoms. The number of hydrogen-bond donors (Lipinski definition) is 0. The molecule has 2 rings (SSSR count). The van der Waals surface area contributed by atoms with E-state index in [0.29, 0.717) is 12.1 Å². The Hall–Kier alpha value is -1.71. The summed E-state index contributed by atoms with van der Waals surface area (Å²) in [7, 11) is 0. The second-order valence-electron chi connectivity index (χ2n) is 4.06. The van der Waals surface area contributed by atoms with Crippen molar-refractivity contribution in [3.05, 3.63) is 29.6 Å². The zero-order valence-electron chi connectivity index (χ0n) is 10.3. The van der Waals surface area contributed by atoms with Gasteiger partial charge in [0.25, 0.3) is 5.91 Å². The third-order valence-electron chi connectivity index (χ3n) is 2.68. The standard InChI is InChI=1S/C13H17N3O/c1-3-7-15-12-11-10(6-5-8-14-11)13(17)16(12)9-4-2/h5-6,8H,3-4,7,9H2,1-2H3. The van der Waals surface area contributed by atoms with Crippen LogP contribution in [0.25, 0.3) is 0 Å². The van der Waals surface area contributed by atoms with Crippen molar-refractivity contribution >= 4 is 11.7 Å². The molecule has 0 saturated carbocycles. The molecule has 0 bridgehead atoms. The van der Waals surface area contributed by atoms with E-state index in [-0.39, 0.29) is 5.91 Å². The van der Waals surface area contributed by atoms with Crippen molar-refractivity contribution in [1.82, 2.24) is 9.88 Å². The van der Waals surface area contributed by atoms with Crippen LogP contribution < -0.4 is 0 Å². The lowest BCUT2D eigenvalue weighted by Gasteiger charge is -2.15. The van der Waals surface area contributed by atoms with E-state index in [1.54, 1.807) is 17.2 Å². The number of nitrogens with zero attached hydrogens (tertiary/aromatic N) is 3. The Balaban J connectivity index is 2.42. The fourth-order valence-corrected chi connectivity index (χ4v) is 1.93. The molecular formula is C13H17N3O. The van der Waals surface area contributed by atoms with E-state index in [2.05, 4.69) is 23.8 Å². The summed E-state index contributed by atoms with van der Waals surface area (Å²) in [6.07, 6.45) is 3.60. The lowest BCUT2D eigenvalue weighted by atomic mass is 10.2. The molecule has 1 amide bonds. The quantitative estimate of drug-likeness (QED) is 0.796. The topological polar surface area (TPSA) is 45.6 Å². The molecule has 0 unspecified atom stereocenters. The Bertz CT molecular complexity index is 454. The van der Waals surface area contributed by atoms with Gasteiger partial charge in [0.15, 0.2) is 5.84 Å². The van der Waals surface area contributed by atoms with E-state index in [4.69, 9.17) is 0 Å². The highest BCUT2D eigenvalue weighted by molar-refractivity contribution is 6.22. The van der Waals surface area contributed by atoms with E-state index < -0.39 is 0 Å². The summed E-state index contributed by atoms with van der Waals surface area (Å²) in [4.78, 5) is 22.7. The summed E-state index contributed by atoms with van der Waals surface area (Å²) in [6.45, 7) is 5.57. The summed E-state index contributed by atoms with van der Waals surface area (Å²) in [5.74, 6) is 0.777. The minimum Gasteiger partial charge on any atom is -0.291 e. The zero-order chi connectivity index (χ0) is 12.3. The van der Waals surface area contributed by atoms with Gasteiger partial charge in [0.2, 0.25) is 0 Å². The first-order chi connectivity index (χ1) is 8.29. The van der Waals surface area contributed by atoms with Crippen molar-refractivity contribution in [3.63, 3.8) is 0 Å². The van der Waals surface area contributed by atoms with Gasteiger partial charge >= 0.3 is 0 Å². The normalized spacial score (nSPS) is 16.7. The highest BCUT2D eigenvalue weighted by Gasteiger charge is 2.33. The summed E-state index contributed by atoms with van der Waals surface area (Å²) in [5.41, 5.74) is 1.41. The first-order valence-electron chi connectivity index (χ1n) is 6.11. The molecule has 0 aliphatic carbocycles. The van der Waals surface area contributed by atoms with Crippen LogP contribution in [0.1, 0.15) is 42.7 Å². The second-order valence-corrected chi connectivity index (χ2v) is 4.06. The van der Waals surface area contributed by atoms with Crippen LogP contribution in [0.4, 0.5) is 0 Å². The van der Waals surface area contributed by atoms with Gasteiger partial charge in [0.1, 0.15) is 5.69 Å². The largest absolute Gasteiger partial charge is 0.291 e. The number of amidine groups is 1. The molecule has 1 aromatic rings. The highest BCUT2D eigenvalue weighted by Crippen LogP contribution is 2.21. The van der Waals surface area contributed by atoms with Crippen LogP contribution >= 0.6 is 0 Å². The molecule has 0 aromatic carbocycles. The van der Waals surface area contributed by atoms with Crippen LogP contribution in [0.2, 0.25) is 0 Å². The molecule has 1 aliphatic rings. The van der Waals surface area contributed by atoms with E-state index in [9.17, 15) is 4.79 Å². The van der Waals surface area contributed by atoms with Crippen LogP contribution in [0, 0.1) is 0 Å². The fraction of sp³-hybridized carbons (Fsp3) is 0.462. The molecule has 4 heteroatoms. The van der Waals surface area contributed by atoms with Gasteiger partial charge in [-0.2, -0.15) is 0 Å². The van der Waals surface area contributed by atoms with E-state index in [0.717, 1.165) is 30.9 Å². The van der Waals surface area contributed by atoms with Crippen LogP contribution in [-0.4, -0.2) is 34.7 Å². The third-order valence-corrected chi connectivity index (χ3v) is 2.68. The number of rotatable bonds is 4. The van der Waals surface area contributed by atoms with Gasteiger partial charge in [-0.15, -0.1) is 0 Å². The maximum atomic E-state index is 12.2. The zero-order valence-corrected chi connectivity index (χ0v) is 10.3. The van der Waals surface area contributed by atoms with Gasteiger partial charge in [-0.05, 0) is 25.0 Å². The fourth-order valence-electron chi connectivity index (χ4n) is 1.93. The van der Waals surface area contributed by atoms with Crippen LogP contribution in [0.3, 0.4) is 0 Å². The Labute approximate surface area is 101 Å². The molecule has 17 heavy (non-hydrogen) atoms. The molecule has 1 aromatic heterocycles. The predicted molar refractivity (Wildman–Crippen MR) is 67.3 cm³/mol. The average molecular weight is 231 g/mol. The van der Waals surface area contributed by atoms with Crippen LogP contribution in [0.15, 0.2) is 23.3 Å². The molecule has 0 saturated heterocycles. The van der Waals surface area contributed by atoms with Gasteiger partial charge in [-0.3, -0.25) is 19.7 Å². The maximum absolute atomic E-state index is 12.2. The van der Waals surface area contributed by atoms with Gasteiger partial charge in [-0.1, -0.05) is 13.8 Å². The molecule has 4 nitrogen and oxygen atoms in total.